The van der Waals surface area contributed by atoms with Gasteiger partial charge in [0.05, 0.1) is 11.1 Å². The van der Waals surface area contributed by atoms with E-state index in [0.29, 0.717) is 11.4 Å². The zero-order valence-electron chi connectivity index (χ0n) is 20.3. The maximum absolute atomic E-state index is 14.7. The highest BCUT2D eigenvalue weighted by Gasteiger charge is 2.45. The zero-order chi connectivity index (χ0) is 26.6. The summed E-state index contributed by atoms with van der Waals surface area (Å²) in [6, 6.07) is 19.5. The molecule has 1 aliphatic heterocycles. The summed E-state index contributed by atoms with van der Waals surface area (Å²) in [6.07, 6.45) is -0.255. The summed E-state index contributed by atoms with van der Waals surface area (Å²) < 4.78 is 28.0. The second-order valence-electron chi connectivity index (χ2n) is 9.08. The van der Waals surface area contributed by atoms with Crippen LogP contribution in [0.3, 0.4) is 0 Å². The van der Waals surface area contributed by atoms with Crippen molar-refractivity contribution in [3.63, 3.8) is 0 Å². The molecular weight excluding hydrogens is 480 g/mol. The fourth-order valence-electron chi connectivity index (χ4n) is 4.58. The quantitative estimate of drug-likeness (QED) is 0.482. The van der Waals surface area contributed by atoms with Gasteiger partial charge >= 0.3 is 12.0 Å². The SMILES string of the molecule is CN(C(=O)N1CCC(CC(=O)N(c2ccccc2)c2ccccc2F)(C(=O)O)CC1)c1ccc(F)cc1. The van der Waals surface area contributed by atoms with Gasteiger partial charge in [-0.2, -0.15) is 0 Å². The Labute approximate surface area is 213 Å². The number of para-hydroxylation sites is 2. The van der Waals surface area contributed by atoms with E-state index in [4.69, 9.17) is 0 Å². The van der Waals surface area contributed by atoms with Crippen LogP contribution in [0.1, 0.15) is 19.3 Å². The number of nitrogens with zero attached hydrogens (tertiary/aromatic N) is 3. The number of carbonyl (C=O) groups is 3. The highest BCUT2D eigenvalue weighted by atomic mass is 19.1. The van der Waals surface area contributed by atoms with Crippen LogP contribution in [0.25, 0.3) is 0 Å². The molecule has 1 saturated heterocycles. The van der Waals surface area contributed by atoms with E-state index >= 15 is 0 Å². The van der Waals surface area contributed by atoms with Gasteiger partial charge in [-0.3, -0.25) is 19.4 Å². The molecule has 0 atom stereocenters. The van der Waals surface area contributed by atoms with Gasteiger partial charge in [0.2, 0.25) is 5.91 Å². The molecule has 1 aliphatic rings. The topological polar surface area (TPSA) is 81.2 Å². The van der Waals surface area contributed by atoms with Crippen molar-refractivity contribution in [1.29, 1.82) is 0 Å². The van der Waals surface area contributed by atoms with Crippen molar-refractivity contribution in [2.75, 3.05) is 29.9 Å². The van der Waals surface area contributed by atoms with Crippen LogP contribution in [0, 0.1) is 17.0 Å². The molecule has 7 nitrogen and oxygen atoms in total. The number of piperidine rings is 1. The van der Waals surface area contributed by atoms with Crippen molar-refractivity contribution in [1.82, 2.24) is 4.90 Å². The van der Waals surface area contributed by atoms with Gasteiger partial charge in [0.25, 0.3) is 0 Å². The number of likely N-dealkylation sites (tertiary alicyclic amines) is 1. The number of halogens is 2. The molecule has 0 saturated carbocycles. The predicted octanol–water partition coefficient (Wildman–Crippen LogP) is 5.44. The number of benzene rings is 3. The molecule has 0 unspecified atom stereocenters. The summed E-state index contributed by atoms with van der Waals surface area (Å²) in [6.45, 7) is 0.240. The van der Waals surface area contributed by atoms with Crippen molar-refractivity contribution in [3.05, 3.63) is 90.5 Å². The summed E-state index contributed by atoms with van der Waals surface area (Å²) >= 11 is 0. The first kappa shape index (κ1) is 25.8. The van der Waals surface area contributed by atoms with Gasteiger partial charge in [0.15, 0.2) is 0 Å². The third-order valence-electron chi connectivity index (χ3n) is 6.79. The second-order valence-corrected chi connectivity index (χ2v) is 9.08. The molecule has 192 valence electrons. The lowest BCUT2D eigenvalue weighted by atomic mass is 9.75. The molecule has 1 N–H and O–H groups in total. The highest BCUT2D eigenvalue weighted by Crippen LogP contribution is 2.39. The molecule has 1 heterocycles. The molecule has 0 bridgehead atoms. The number of aliphatic carboxylic acids is 1. The molecule has 0 spiro atoms. The van der Waals surface area contributed by atoms with Crippen LogP contribution in [0.4, 0.5) is 30.6 Å². The van der Waals surface area contributed by atoms with E-state index in [1.165, 1.54) is 57.2 Å². The van der Waals surface area contributed by atoms with Crippen LogP contribution in [0.15, 0.2) is 78.9 Å². The molecule has 1 fully saturated rings. The summed E-state index contributed by atoms with van der Waals surface area (Å²) in [5.74, 6) is -2.71. The highest BCUT2D eigenvalue weighted by molar-refractivity contribution is 6.02. The van der Waals surface area contributed by atoms with Crippen LogP contribution in [-0.4, -0.2) is 48.1 Å². The number of rotatable bonds is 6. The van der Waals surface area contributed by atoms with Crippen LogP contribution in [0.5, 0.6) is 0 Å². The smallest absolute Gasteiger partial charge is 0.324 e. The van der Waals surface area contributed by atoms with Crippen molar-refractivity contribution in [2.24, 2.45) is 5.41 Å². The predicted molar refractivity (Wildman–Crippen MR) is 136 cm³/mol. The molecule has 37 heavy (non-hydrogen) atoms. The minimum Gasteiger partial charge on any atom is -0.481 e. The van der Waals surface area contributed by atoms with Gasteiger partial charge in [-0.15, -0.1) is 0 Å². The van der Waals surface area contributed by atoms with Gasteiger partial charge in [0.1, 0.15) is 11.6 Å². The Morgan fingerprint density at radius 2 is 1.46 bits per heavy atom. The Hall–Kier alpha value is -4.27. The number of urea groups is 1. The average Bonchev–Trinajstić information content (AvgIpc) is 2.90. The third-order valence-corrected chi connectivity index (χ3v) is 6.79. The molecule has 0 radical (unpaired) electrons. The number of hydrogen-bond donors (Lipinski definition) is 1. The van der Waals surface area contributed by atoms with Crippen LogP contribution >= 0.6 is 0 Å². The largest absolute Gasteiger partial charge is 0.481 e. The Kier molecular flexibility index (Phi) is 7.52. The summed E-state index contributed by atoms with van der Waals surface area (Å²) in [4.78, 5) is 43.1. The minimum absolute atomic E-state index is 0.0350. The van der Waals surface area contributed by atoms with E-state index in [0.717, 1.165) is 0 Å². The zero-order valence-corrected chi connectivity index (χ0v) is 20.3. The van der Waals surface area contributed by atoms with Gasteiger partial charge < -0.3 is 10.0 Å². The number of anilines is 3. The van der Waals surface area contributed by atoms with E-state index in [1.54, 1.807) is 43.4 Å². The summed E-state index contributed by atoms with van der Waals surface area (Å²) in [7, 11) is 1.56. The number of hydrogen-bond acceptors (Lipinski definition) is 3. The Bertz CT molecular complexity index is 1280. The van der Waals surface area contributed by atoms with Crippen molar-refractivity contribution in [2.45, 2.75) is 19.3 Å². The van der Waals surface area contributed by atoms with E-state index in [9.17, 15) is 28.3 Å². The van der Waals surface area contributed by atoms with Crippen molar-refractivity contribution >= 4 is 35.0 Å². The van der Waals surface area contributed by atoms with E-state index in [-0.39, 0.29) is 44.1 Å². The Morgan fingerprint density at radius 3 is 2.05 bits per heavy atom. The lowest BCUT2D eigenvalue weighted by Gasteiger charge is -2.40. The molecular formula is C28H27F2N3O4. The fraction of sp³-hybridized carbons (Fsp3) is 0.250. The molecule has 4 rings (SSSR count). The second kappa shape index (κ2) is 10.8. The number of carboxylic acid groups (broad SMARTS) is 1. The third kappa shape index (κ3) is 5.45. The first-order valence-electron chi connectivity index (χ1n) is 11.9. The number of carbonyl (C=O) groups excluding carboxylic acids is 2. The normalized spacial score (nSPS) is 14.6. The van der Waals surface area contributed by atoms with E-state index in [2.05, 4.69) is 0 Å². The summed E-state index contributed by atoms with van der Waals surface area (Å²) in [5.41, 5.74) is -0.458. The monoisotopic (exact) mass is 507 g/mol. The number of amides is 3. The van der Waals surface area contributed by atoms with Crippen LogP contribution < -0.4 is 9.80 Å². The molecule has 3 amide bonds. The maximum atomic E-state index is 14.7. The Balaban J connectivity index is 1.53. The molecule has 3 aromatic rings. The molecule has 0 aliphatic carbocycles. The van der Waals surface area contributed by atoms with Crippen LogP contribution in [0.2, 0.25) is 0 Å². The standard InChI is InChI=1S/C28H27F2N3O4/c1-31(21-13-11-20(29)12-14-21)27(37)32-17-15-28(16-18-32,26(35)36)19-25(34)33(22-7-3-2-4-8-22)24-10-6-5-9-23(24)30/h2-14H,15-19H2,1H3,(H,35,36). The van der Waals surface area contributed by atoms with Crippen molar-refractivity contribution in [3.8, 4) is 0 Å². The Morgan fingerprint density at radius 1 is 0.865 bits per heavy atom. The van der Waals surface area contributed by atoms with E-state index in [1.807, 2.05) is 0 Å². The number of carboxylic acids is 1. The lowest BCUT2D eigenvalue weighted by Crippen LogP contribution is -2.51. The first-order valence-corrected chi connectivity index (χ1v) is 11.9. The van der Waals surface area contributed by atoms with Crippen LogP contribution in [-0.2, 0) is 9.59 Å². The maximum Gasteiger partial charge on any atom is 0.324 e. The van der Waals surface area contributed by atoms with Gasteiger partial charge in [-0.05, 0) is 61.4 Å². The lowest BCUT2D eigenvalue weighted by molar-refractivity contribution is -0.154. The summed E-state index contributed by atoms with van der Waals surface area (Å²) in [5, 5.41) is 10.2. The van der Waals surface area contributed by atoms with Gasteiger partial charge in [-0.25, -0.2) is 13.6 Å². The molecule has 3 aromatic carbocycles. The van der Waals surface area contributed by atoms with Crippen molar-refractivity contribution < 1.29 is 28.3 Å². The first-order chi connectivity index (χ1) is 17.7. The van der Waals surface area contributed by atoms with Gasteiger partial charge in [-0.1, -0.05) is 30.3 Å². The fourth-order valence-corrected chi connectivity index (χ4v) is 4.58. The van der Waals surface area contributed by atoms with Gasteiger partial charge in [0, 0.05) is 37.9 Å². The molecule has 0 aromatic heterocycles. The molecule has 9 heteroatoms. The minimum atomic E-state index is -1.42. The average molecular weight is 508 g/mol. The van der Waals surface area contributed by atoms with E-state index < -0.39 is 28.9 Å².